The molecule has 4 rings (SSSR count). The molecule has 6 nitrogen and oxygen atoms in total. The van der Waals surface area contributed by atoms with Crippen LogP contribution in [-0.2, 0) is 28.6 Å². The zero-order valence-corrected chi connectivity index (χ0v) is 25.6. The minimum atomic E-state index is -0.818. The molecule has 4 aliphatic carbocycles. The third-order valence-corrected chi connectivity index (χ3v) is 11.3. The molecule has 220 valence electrons. The fourth-order valence-corrected chi connectivity index (χ4v) is 9.71. The molecule has 0 aliphatic heterocycles. The molecule has 0 N–H and O–H groups in total. The number of ether oxygens (including phenoxy) is 3. The van der Waals surface area contributed by atoms with Crippen LogP contribution in [0.1, 0.15) is 113 Å². The highest BCUT2D eigenvalue weighted by atomic mass is 16.6. The van der Waals surface area contributed by atoms with Gasteiger partial charge in [-0.05, 0) is 73.0 Å². The Morgan fingerprint density at radius 3 is 2.18 bits per heavy atom. The van der Waals surface area contributed by atoms with Crippen LogP contribution in [0, 0.1) is 46.3 Å². The number of hydrogen-bond acceptors (Lipinski definition) is 6. The Morgan fingerprint density at radius 2 is 1.56 bits per heavy atom. The highest BCUT2D eigenvalue weighted by molar-refractivity contribution is 5.69. The number of hydrogen-bond donors (Lipinski definition) is 0. The number of fused-ring (bicyclic) bond motifs is 5. The van der Waals surface area contributed by atoms with Gasteiger partial charge in [-0.3, -0.25) is 14.4 Å². The Hall–Kier alpha value is -1.85. The Bertz CT molecular complexity index is 969. The van der Waals surface area contributed by atoms with Gasteiger partial charge in [-0.25, -0.2) is 0 Å². The van der Waals surface area contributed by atoms with Crippen molar-refractivity contribution in [1.82, 2.24) is 0 Å². The molecule has 3 fully saturated rings. The van der Waals surface area contributed by atoms with Gasteiger partial charge >= 0.3 is 17.9 Å². The van der Waals surface area contributed by atoms with Gasteiger partial charge in [-0.2, -0.15) is 0 Å². The average molecular weight is 545 g/mol. The fourth-order valence-electron chi connectivity index (χ4n) is 9.71. The van der Waals surface area contributed by atoms with Crippen LogP contribution >= 0.6 is 0 Å². The van der Waals surface area contributed by atoms with E-state index in [-0.39, 0.29) is 0 Å². The summed E-state index contributed by atoms with van der Waals surface area (Å²) in [6.45, 7) is 16.0. The number of allylic oxidation sites excluding steroid dienone is 1. The van der Waals surface area contributed by atoms with Gasteiger partial charge in [0.05, 0.1) is 0 Å². The van der Waals surface area contributed by atoms with Gasteiger partial charge in [0, 0.05) is 32.6 Å². The molecule has 0 unspecified atom stereocenters. The van der Waals surface area contributed by atoms with E-state index >= 15 is 0 Å². The summed E-state index contributed by atoms with van der Waals surface area (Å²) >= 11 is 0. The summed E-state index contributed by atoms with van der Waals surface area (Å²) in [5.41, 5.74) is 1.06. The van der Waals surface area contributed by atoms with Crippen LogP contribution in [0.25, 0.3) is 0 Å². The molecular formula is C33H52O6. The highest BCUT2D eigenvalue weighted by Gasteiger charge is 2.64. The second-order valence-corrected chi connectivity index (χ2v) is 14.1. The molecule has 0 aromatic heterocycles. The molecule has 0 bridgehead atoms. The number of esters is 3. The van der Waals surface area contributed by atoms with Crippen LogP contribution in [0.3, 0.4) is 0 Å². The second kappa shape index (κ2) is 11.6. The van der Waals surface area contributed by atoms with Crippen LogP contribution in [0.2, 0.25) is 0 Å². The molecule has 0 radical (unpaired) electrons. The predicted molar refractivity (Wildman–Crippen MR) is 150 cm³/mol. The average Bonchev–Trinajstić information content (AvgIpc) is 3.18. The van der Waals surface area contributed by atoms with Crippen molar-refractivity contribution < 1.29 is 28.6 Å². The predicted octanol–water partition coefficient (Wildman–Crippen LogP) is 7.04. The lowest BCUT2D eigenvalue weighted by molar-refractivity contribution is -0.211. The van der Waals surface area contributed by atoms with Crippen molar-refractivity contribution >= 4 is 17.9 Å². The topological polar surface area (TPSA) is 78.9 Å². The van der Waals surface area contributed by atoms with Crippen LogP contribution in [-0.4, -0.2) is 36.2 Å². The SMILES string of the molecule is CC(=O)O[C@H]1[C@H](OC(C)=O)CC2=CC[C@H]3[C@@H]4CC[C@H]([C@H](C)CCCC(C)C)[C@@]4(C)CC[C@@H]3[C@@]2(C)[C@H]1OC(C)=O. The normalized spacial score (nSPS) is 40.0. The molecule has 0 saturated heterocycles. The minimum absolute atomic E-state index is 0.325. The Labute approximate surface area is 236 Å². The Balaban J connectivity index is 1.64. The quantitative estimate of drug-likeness (QED) is 0.185. The third kappa shape index (κ3) is 5.68. The number of carbonyl (C=O) groups excluding carboxylic acids is 3. The molecular weight excluding hydrogens is 492 g/mol. The zero-order chi connectivity index (χ0) is 28.7. The van der Waals surface area contributed by atoms with Crippen molar-refractivity contribution in [3.8, 4) is 0 Å². The van der Waals surface area contributed by atoms with Crippen molar-refractivity contribution in [2.24, 2.45) is 46.3 Å². The monoisotopic (exact) mass is 544 g/mol. The van der Waals surface area contributed by atoms with Crippen LogP contribution in [0.5, 0.6) is 0 Å². The molecule has 0 aromatic carbocycles. The summed E-state index contributed by atoms with van der Waals surface area (Å²) in [7, 11) is 0. The van der Waals surface area contributed by atoms with Crippen LogP contribution in [0.15, 0.2) is 11.6 Å². The third-order valence-electron chi connectivity index (χ3n) is 11.3. The van der Waals surface area contributed by atoms with Gasteiger partial charge in [0.15, 0.2) is 12.2 Å². The Morgan fingerprint density at radius 1 is 0.897 bits per heavy atom. The lowest BCUT2D eigenvalue weighted by Crippen LogP contribution is -2.63. The molecule has 0 aromatic rings. The summed E-state index contributed by atoms with van der Waals surface area (Å²) in [5.74, 6) is 2.44. The van der Waals surface area contributed by atoms with Crippen LogP contribution in [0.4, 0.5) is 0 Å². The lowest BCUT2D eigenvalue weighted by atomic mass is 9.46. The van der Waals surface area contributed by atoms with E-state index in [4.69, 9.17) is 14.2 Å². The van der Waals surface area contributed by atoms with Gasteiger partial charge in [0.25, 0.3) is 0 Å². The smallest absolute Gasteiger partial charge is 0.303 e. The first kappa shape index (κ1) is 30.1. The molecule has 0 amide bonds. The largest absolute Gasteiger partial charge is 0.458 e. The highest BCUT2D eigenvalue weighted by Crippen LogP contribution is 2.67. The van der Waals surface area contributed by atoms with E-state index in [2.05, 4.69) is 40.7 Å². The molecule has 3 saturated carbocycles. The standard InChI is InChI=1S/C33H52O6/c1-19(2)10-9-11-20(3)26-14-15-27-25-13-12-24-18-29(37-21(4)34)30(38-22(5)35)31(39-23(6)36)33(24,8)28(25)16-17-32(26,27)7/h12,19-20,25-31H,9-11,13-18H2,1-8H3/t20-,25+,26-,27+,28+,29-,30+,31+,32-,33+/m1/s1. The number of rotatable bonds is 8. The summed E-state index contributed by atoms with van der Waals surface area (Å²) in [5, 5.41) is 0. The fraction of sp³-hybridized carbons (Fsp3) is 0.848. The molecule has 0 heterocycles. The first-order valence-corrected chi connectivity index (χ1v) is 15.5. The molecule has 39 heavy (non-hydrogen) atoms. The summed E-state index contributed by atoms with van der Waals surface area (Å²) < 4.78 is 17.5. The van der Waals surface area contributed by atoms with E-state index in [1.165, 1.54) is 64.9 Å². The van der Waals surface area contributed by atoms with Crippen molar-refractivity contribution in [3.63, 3.8) is 0 Å². The maximum absolute atomic E-state index is 12.4. The van der Waals surface area contributed by atoms with Gasteiger partial charge in [-0.15, -0.1) is 0 Å². The van der Waals surface area contributed by atoms with Gasteiger partial charge < -0.3 is 14.2 Å². The van der Waals surface area contributed by atoms with E-state index in [0.29, 0.717) is 29.6 Å². The minimum Gasteiger partial charge on any atom is -0.458 e. The lowest BCUT2D eigenvalue weighted by Gasteiger charge is -2.60. The van der Waals surface area contributed by atoms with E-state index < -0.39 is 41.6 Å². The molecule has 0 spiro atoms. The van der Waals surface area contributed by atoms with Crippen molar-refractivity contribution in [1.29, 1.82) is 0 Å². The zero-order valence-electron chi connectivity index (χ0n) is 25.6. The van der Waals surface area contributed by atoms with Gasteiger partial charge in [0.2, 0.25) is 0 Å². The van der Waals surface area contributed by atoms with Crippen LogP contribution < -0.4 is 0 Å². The van der Waals surface area contributed by atoms with Crippen molar-refractivity contribution in [3.05, 3.63) is 11.6 Å². The summed E-state index contributed by atoms with van der Waals surface area (Å²) in [4.78, 5) is 36.6. The number of carbonyl (C=O) groups is 3. The second-order valence-electron chi connectivity index (χ2n) is 14.1. The van der Waals surface area contributed by atoms with Gasteiger partial charge in [-0.1, -0.05) is 65.5 Å². The summed E-state index contributed by atoms with van der Waals surface area (Å²) in [6.07, 6.45) is 10.5. The van der Waals surface area contributed by atoms with E-state index in [0.717, 1.165) is 30.6 Å². The molecule has 4 aliphatic rings. The summed E-state index contributed by atoms with van der Waals surface area (Å²) in [6, 6.07) is 0. The van der Waals surface area contributed by atoms with E-state index in [9.17, 15) is 14.4 Å². The molecule has 6 heteroatoms. The first-order chi connectivity index (χ1) is 18.3. The maximum atomic E-state index is 12.4. The Kier molecular flexibility index (Phi) is 8.93. The first-order valence-electron chi connectivity index (χ1n) is 15.5. The van der Waals surface area contributed by atoms with Crippen molar-refractivity contribution in [2.75, 3.05) is 0 Å². The van der Waals surface area contributed by atoms with E-state index in [1.807, 2.05) is 0 Å². The van der Waals surface area contributed by atoms with Crippen molar-refractivity contribution in [2.45, 2.75) is 131 Å². The van der Waals surface area contributed by atoms with E-state index in [1.54, 1.807) is 0 Å². The van der Waals surface area contributed by atoms with Gasteiger partial charge in [0.1, 0.15) is 6.10 Å². The molecule has 10 atom stereocenters. The maximum Gasteiger partial charge on any atom is 0.303 e.